The van der Waals surface area contributed by atoms with Gasteiger partial charge in [0.1, 0.15) is 0 Å². The van der Waals surface area contributed by atoms with Crippen LogP contribution in [0.4, 0.5) is 0 Å². The summed E-state index contributed by atoms with van der Waals surface area (Å²) in [6.45, 7) is 0. The Bertz CT molecular complexity index is 591. The normalized spacial score (nSPS) is 9.39. The van der Waals surface area contributed by atoms with Crippen molar-refractivity contribution < 1.29 is 247 Å². The molecule has 0 aliphatic heterocycles. The number of hydrogen-bond donors (Lipinski definition) is 3. The van der Waals surface area contributed by atoms with Crippen LogP contribution < -0.4 is 178 Å². The van der Waals surface area contributed by atoms with Crippen LogP contribution in [-0.2, 0) is 87.6 Å². The maximum Gasteiger partial charge on any atom is 1.00 e. The Morgan fingerprint density at radius 1 is 0.205 bits per heavy atom. The fourth-order valence-electron chi connectivity index (χ4n) is 0. The summed E-state index contributed by atoms with van der Waals surface area (Å²) in [7, 11) is -37.7. The predicted octanol–water partition coefficient (Wildman–Crippen LogP) is -27.6. The van der Waals surface area contributed by atoms with E-state index in [1.54, 1.807) is 0 Å². The Morgan fingerprint density at radius 3 is 0.205 bits per heavy atom. The molecule has 12 N–H and O–H groups in total. The minimum absolute atomic E-state index is 0. The van der Waals surface area contributed by atoms with Gasteiger partial charge in [0, 0.05) is 55.7 Å². The number of phosphoric acid groups is 7. The molecule has 44 heavy (non-hydrogen) atoms. The minimum Gasteiger partial charge on any atom is -0.822 e. The van der Waals surface area contributed by atoms with E-state index in [0.29, 0.717) is 0 Å². The fourth-order valence-corrected chi connectivity index (χ4v) is 0. The molecule has 0 heterocycles. The molecule has 0 saturated carbocycles. The van der Waals surface area contributed by atoms with Gasteiger partial charge >= 0.3 is 56.6 Å². The molecule has 0 aromatic heterocycles. The van der Waals surface area contributed by atoms with E-state index in [0.717, 1.165) is 0 Å². The summed E-state index contributed by atoms with van der Waals surface area (Å²) in [5.41, 5.74) is 0. The van der Waals surface area contributed by atoms with E-state index in [2.05, 4.69) is 0 Å². The first-order valence-corrected chi connectivity index (χ1v) is 15.3. The van der Waals surface area contributed by atoms with Gasteiger partial charge in [-0.2, -0.15) is 54.8 Å². The Morgan fingerprint density at radius 2 is 0.205 bits per heavy atom. The number of rotatable bonds is 0. The minimum atomic E-state index is -5.39. The average Bonchev–Trinajstić information content (AvgIpc) is 2.06. The maximum absolute atomic E-state index is 8.55. The van der Waals surface area contributed by atoms with E-state index in [4.69, 9.17) is 135 Å². The number of quaternary nitrogens is 3. The maximum atomic E-state index is 8.55. The van der Waals surface area contributed by atoms with Gasteiger partial charge in [-0.05, 0) is 0 Å². The van der Waals surface area contributed by atoms with Crippen molar-refractivity contribution in [2.75, 3.05) is 0 Å². The molecule has 0 aliphatic rings. The van der Waals surface area contributed by atoms with E-state index < -0.39 is 54.8 Å². The van der Waals surface area contributed by atoms with Crippen LogP contribution in [0.1, 0.15) is 0 Å². The second kappa shape index (κ2) is 47.2. The number of hydrogen-bond acceptors (Lipinski definition) is 28. The Labute approximate surface area is 317 Å². The Hall–Kier alpha value is 4.20. The van der Waals surface area contributed by atoms with Crippen LogP contribution in [-0.4, -0.2) is 0 Å². The quantitative estimate of drug-likeness (QED) is 0.150. The molecule has 0 saturated heterocycles. The van der Waals surface area contributed by atoms with Gasteiger partial charge in [0.25, 0.3) is 0 Å². The van der Waals surface area contributed by atoms with Crippen LogP contribution in [0.25, 0.3) is 0 Å². The van der Waals surface area contributed by atoms with Crippen LogP contribution in [0.3, 0.4) is 0 Å². The first kappa shape index (κ1) is 104. The molecular weight excluding hydrogens is 880 g/mol. The van der Waals surface area contributed by atoms with Gasteiger partial charge in [-0.1, -0.05) is 0 Å². The molecule has 263 valence electrons. The van der Waals surface area contributed by atoms with Gasteiger partial charge in [-0.15, -0.1) is 0 Å². The summed E-state index contributed by atoms with van der Waals surface area (Å²) >= 11 is 0. The molecule has 3 radical (unpaired) electrons. The van der Waals surface area contributed by atoms with E-state index in [-0.39, 0.29) is 131 Å². The summed E-state index contributed by atoms with van der Waals surface area (Å²) in [6, 6.07) is 0. The first-order valence-electron chi connectivity index (χ1n) is 5.11. The monoisotopic (exact) mass is 893 g/mol. The third-order valence-electron chi connectivity index (χ3n) is 0. The van der Waals surface area contributed by atoms with Gasteiger partial charge in [0.15, 0.2) is 0 Å². The van der Waals surface area contributed by atoms with Crippen molar-refractivity contribution in [2.24, 2.45) is 0 Å². The van der Waals surface area contributed by atoms with E-state index in [9.17, 15) is 0 Å². The average molecular weight is 893 g/mol. The van der Waals surface area contributed by atoms with Crippen molar-refractivity contribution in [3.05, 3.63) is 0 Å². The van der Waals surface area contributed by atoms with Crippen LogP contribution >= 0.6 is 54.8 Å². The predicted molar refractivity (Wildman–Crippen MR) is 71.2 cm³/mol. The largest absolute Gasteiger partial charge is 1.00 e. The third kappa shape index (κ3) is 5360. The zero-order valence-corrected chi connectivity index (χ0v) is 32.4. The Balaban J connectivity index is -0.0000000144. The summed E-state index contributed by atoms with van der Waals surface area (Å²) in [5.74, 6) is 0. The van der Waals surface area contributed by atoms with Crippen molar-refractivity contribution in [1.29, 1.82) is 0 Å². The topological polar surface area (TPSA) is 713 Å². The molecule has 0 rings (SSSR count). The SMILES string of the molecule is O=P([O-])([O-])[O-].O=P([O-])([O-])[O-].O=P([O-])([O-])[O-].O=P([O-])([O-])[O-].O=P([O-])([O-])[O-].O=P([O-])([O-])[O-].O=P([O-])([O-])[O-].[Li+].[Li+].[Li+].[NH4+].[NH4+].[NH4+].[V].[V].[V]. The van der Waals surface area contributed by atoms with Crippen molar-refractivity contribution in [3.8, 4) is 0 Å². The van der Waals surface area contributed by atoms with Gasteiger partial charge in [-0.3, -0.25) is 0 Å². The van der Waals surface area contributed by atoms with Crippen molar-refractivity contribution in [2.45, 2.75) is 0 Å². The van der Waals surface area contributed by atoms with Crippen molar-refractivity contribution >= 4 is 54.8 Å². The van der Waals surface area contributed by atoms with Crippen LogP contribution in [0.15, 0.2) is 0 Å². The van der Waals surface area contributed by atoms with Crippen LogP contribution in [0.2, 0.25) is 0 Å². The summed E-state index contributed by atoms with van der Waals surface area (Å²) in [6.07, 6.45) is 0. The van der Waals surface area contributed by atoms with Crippen LogP contribution in [0, 0.1) is 0 Å². The fraction of sp³-hybridized carbons (Fsp3) is 0. The zero-order chi connectivity index (χ0) is 31.5. The second-order valence-corrected chi connectivity index (χ2v) is 9.39. The van der Waals surface area contributed by atoms with Crippen LogP contribution in [0.5, 0.6) is 0 Å². The van der Waals surface area contributed by atoms with E-state index >= 15 is 0 Å². The first-order chi connectivity index (χ1) is 14.0. The molecule has 0 atom stereocenters. The summed E-state index contributed by atoms with van der Waals surface area (Å²) < 4.78 is 59.8. The second-order valence-electron chi connectivity index (χ2n) is 3.13. The molecular formula is H12Li3N3O28P7V3-15. The molecule has 0 aromatic carbocycles. The zero-order valence-electron chi connectivity index (χ0n) is 21.9. The molecule has 0 fully saturated rings. The Kier molecular flexibility index (Phi) is 111. The van der Waals surface area contributed by atoms with Gasteiger partial charge in [0.2, 0.25) is 0 Å². The summed E-state index contributed by atoms with van der Waals surface area (Å²) in [5, 5.41) is 0. The smallest absolute Gasteiger partial charge is 0.822 e. The van der Waals surface area contributed by atoms with Crippen molar-refractivity contribution in [1.82, 2.24) is 18.5 Å². The molecule has 0 amide bonds. The molecule has 31 nitrogen and oxygen atoms in total. The molecule has 0 spiro atoms. The molecule has 0 aromatic rings. The van der Waals surface area contributed by atoms with Gasteiger partial charge in [-0.25, -0.2) is 0 Å². The van der Waals surface area contributed by atoms with E-state index in [1.165, 1.54) is 0 Å². The molecule has 0 aliphatic carbocycles. The molecule has 44 heteroatoms. The standard InChI is InChI=1S/3Li.3H3N.7H3O4P.3V/c;;;;;;7*1-5(2,3)4;;;/h;;;3*1H3;7*(H3,1,2,3,4);;;/q3*+1;;;;;;;;;;;;;/p-18. The van der Waals surface area contributed by atoms with E-state index in [1.807, 2.05) is 0 Å². The van der Waals surface area contributed by atoms with Gasteiger partial charge in [0.05, 0.1) is 0 Å². The molecule has 0 unspecified atom stereocenters. The molecule has 0 bridgehead atoms. The third-order valence-corrected chi connectivity index (χ3v) is 0. The van der Waals surface area contributed by atoms with Crippen molar-refractivity contribution in [3.63, 3.8) is 0 Å². The summed E-state index contributed by atoms with van der Waals surface area (Å²) in [4.78, 5) is 180. The van der Waals surface area contributed by atoms with Gasteiger partial charge < -0.3 is 153 Å².